The molecular weight excluding hydrogens is 583 g/mol. The second-order valence-corrected chi connectivity index (χ2v) is 10.4. The smallest absolute Gasteiger partial charge is 0.313 e. The Morgan fingerprint density at radius 2 is 1.62 bits per heavy atom. The quantitative estimate of drug-likeness (QED) is 0.203. The molecule has 0 saturated carbocycles. The summed E-state index contributed by atoms with van der Waals surface area (Å²) in [6.45, 7) is 2.59. The fourth-order valence-electron chi connectivity index (χ4n) is 5.00. The van der Waals surface area contributed by atoms with Gasteiger partial charge in [0, 0.05) is 35.9 Å². The van der Waals surface area contributed by atoms with Crippen molar-refractivity contribution in [2.24, 2.45) is 5.92 Å². The Balaban J connectivity index is 1.23. The summed E-state index contributed by atoms with van der Waals surface area (Å²) in [6.07, 6.45) is 3.64. The standard InChI is InChI=1S/C33H35FN4O7/c1-41-23-14-21(15-24(17-23)42-2)18-37-32(39)33(40)38-22-4-6-28(26(34)16-22)45-27-10-13-36-30-25(27)5-7-29(31(30)43-3)44-19-20-8-11-35-12-9-20/h4-7,10,13-17,20,35H,8-9,11-12,18-19H2,1-3H3,(H,37,39)(H,38,40). The minimum absolute atomic E-state index is 0.0531. The SMILES string of the molecule is COc1cc(CNC(=O)C(=O)Nc2ccc(Oc3ccnc4c(OC)c(OCC5CCNCC5)ccc34)c(F)c2)cc(OC)c1. The van der Waals surface area contributed by atoms with Crippen LogP contribution in [-0.4, -0.2) is 57.8 Å². The van der Waals surface area contributed by atoms with Gasteiger partial charge in [0.2, 0.25) is 0 Å². The van der Waals surface area contributed by atoms with Crippen LogP contribution in [0.2, 0.25) is 0 Å². The Kier molecular flexibility index (Phi) is 10.2. The summed E-state index contributed by atoms with van der Waals surface area (Å²) in [5.74, 6) is 0.272. The Hall–Kier alpha value is -5.10. The first-order valence-corrected chi connectivity index (χ1v) is 14.5. The van der Waals surface area contributed by atoms with E-state index in [1.807, 2.05) is 0 Å². The van der Waals surface area contributed by atoms with E-state index in [1.54, 1.807) is 49.7 Å². The summed E-state index contributed by atoms with van der Waals surface area (Å²) in [5, 5.41) is 8.88. The average molecular weight is 619 g/mol. The number of hydrogen-bond donors (Lipinski definition) is 3. The predicted molar refractivity (Wildman–Crippen MR) is 166 cm³/mol. The Bertz CT molecular complexity index is 1650. The number of pyridine rings is 1. The summed E-state index contributed by atoms with van der Waals surface area (Å²) >= 11 is 0. The zero-order chi connectivity index (χ0) is 31.8. The van der Waals surface area contributed by atoms with Gasteiger partial charge < -0.3 is 39.6 Å². The zero-order valence-corrected chi connectivity index (χ0v) is 25.3. The molecule has 2 heterocycles. The highest BCUT2D eigenvalue weighted by Gasteiger charge is 2.19. The fourth-order valence-corrected chi connectivity index (χ4v) is 5.00. The maximum Gasteiger partial charge on any atom is 0.313 e. The Morgan fingerprint density at radius 1 is 0.889 bits per heavy atom. The van der Waals surface area contributed by atoms with E-state index in [0.29, 0.717) is 57.7 Å². The summed E-state index contributed by atoms with van der Waals surface area (Å²) in [4.78, 5) is 29.4. The van der Waals surface area contributed by atoms with E-state index < -0.39 is 17.6 Å². The van der Waals surface area contributed by atoms with E-state index in [1.165, 1.54) is 26.4 Å². The Labute approximate surface area is 260 Å². The zero-order valence-electron chi connectivity index (χ0n) is 25.3. The van der Waals surface area contributed by atoms with Gasteiger partial charge in [0.25, 0.3) is 0 Å². The number of benzene rings is 3. The maximum atomic E-state index is 15.1. The molecule has 4 aromatic rings. The van der Waals surface area contributed by atoms with Crippen LogP contribution in [0.4, 0.5) is 10.1 Å². The summed E-state index contributed by atoms with van der Waals surface area (Å²) < 4.78 is 43.2. The number of halogens is 1. The highest BCUT2D eigenvalue weighted by molar-refractivity contribution is 6.39. The first kappa shape index (κ1) is 31.3. The highest BCUT2D eigenvalue weighted by atomic mass is 19.1. The molecule has 1 aromatic heterocycles. The second kappa shape index (κ2) is 14.6. The number of nitrogens with one attached hydrogen (secondary N) is 3. The summed E-state index contributed by atoms with van der Waals surface area (Å²) in [5.41, 5.74) is 1.27. The van der Waals surface area contributed by atoms with Crippen LogP contribution in [0.1, 0.15) is 18.4 Å². The number of piperidine rings is 1. The molecule has 0 atom stereocenters. The van der Waals surface area contributed by atoms with E-state index in [0.717, 1.165) is 32.0 Å². The predicted octanol–water partition coefficient (Wildman–Crippen LogP) is 4.83. The van der Waals surface area contributed by atoms with Crippen LogP contribution in [0.3, 0.4) is 0 Å². The number of ether oxygens (including phenoxy) is 5. The number of aromatic nitrogens is 1. The molecule has 0 unspecified atom stereocenters. The molecule has 1 fully saturated rings. The topological polar surface area (TPSA) is 129 Å². The van der Waals surface area contributed by atoms with E-state index >= 15 is 4.39 Å². The van der Waals surface area contributed by atoms with Gasteiger partial charge in [-0.1, -0.05) is 0 Å². The maximum absolute atomic E-state index is 15.1. The van der Waals surface area contributed by atoms with Gasteiger partial charge in [-0.3, -0.25) is 14.6 Å². The lowest BCUT2D eigenvalue weighted by atomic mass is 9.99. The number of fused-ring (bicyclic) bond motifs is 1. The molecule has 0 spiro atoms. The molecular formula is C33H35FN4O7. The van der Waals surface area contributed by atoms with Crippen LogP contribution in [-0.2, 0) is 16.1 Å². The third-order valence-corrected chi connectivity index (χ3v) is 7.41. The van der Waals surface area contributed by atoms with Crippen molar-refractivity contribution >= 4 is 28.4 Å². The number of hydrogen-bond acceptors (Lipinski definition) is 9. The molecule has 1 aliphatic heterocycles. The van der Waals surface area contributed by atoms with Crippen LogP contribution < -0.4 is 39.6 Å². The van der Waals surface area contributed by atoms with Crippen molar-refractivity contribution in [2.75, 3.05) is 46.3 Å². The molecule has 1 aliphatic rings. The minimum atomic E-state index is -0.955. The number of amides is 2. The van der Waals surface area contributed by atoms with Crippen LogP contribution in [0, 0.1) is 11.7 Å². The Morgan fingerprint density at radius 3 is 2.31 bits per heavy atom. The van der Waals surface area contributed by atoms with E-state index in [9.17, 15) is 9.59 Å². The van der Waals surface area contributed by atoms with Gasteiger partial charge in [0.05, 0.1) is 27.9 Å². The van der Waals surface area contributed by atoms with E-state index in [-0.39, 0.29) is 18.0 Å². The number of anilines is 1. The molecule has 0 aliphatic carbocycles. The largest absolute Gasteiger partial charge is 0.497 e. The number of methoxy groups -OCH3 is 3. The highest BCUT2D eigenvalue weighted by Crippen LogP contribution is 2.40. The van der Waals surface area contributed by atoms with Gasteiger partial charge in [0.15, 0.2) is 23.1 Å². The molecule has 5 rings (SSSR count). The third-order valence-electron chi connectivity index (χ3n) is 7.41. The molecule has 3 N–H and O–H groups in total. The second-order valence-electron chi connectivity index (χ2n) is 10.4. The number of nitrogens with zero attached hydrogens (tertiary/aromatic N) is 1. The summed E-state index contributed by atoms with van der Waals surface area (Å²) in [6, 6.07) is 14.2. The third kappa shape index (κ3) is 7.71. The normalized spacial score (nSPS) is 13.2. The van der Waals surface area contributed by atoms with Gasteiger partial charge in [0.1, 0.15) is 22.8 Å². The van der Waals surface area contributed by atoms with Crippen molar-refractivity contribution in [3.8, 4) is 34.5 Å². The lowest BCUT2D eigenvalue weighted by Gasteiger charge is -2.23. The van der Waals surface area contributed by atoms with Crippen molar-refractivity contribution in [2.45, 2.75) is 19.4 Å². The van der Waals surface area contributed by atoms with Crippen LogP contribution in [0.15, 0.2) is 60.8 Å². The molecule has 0 radical (unpaired) electrons. The van der Waals surface area contributed by atoms with Crippen molar-refractivity contribution in [1.82, 2.24) is 15.6 Å². The average Bonchev–Trinajstić information content (AvgIpc) is 3.07. The first-order valence-electron chi connectivity index (χ1n) is 14.5. The lowest BCUT2D eigenvalue weighted by molar-refractivity contribution is -0.136. The first-order chi connectivity index (χ1) is 21.9. The molecule has 1 saturated heterocycles. The number of rotatable bonds is 11. The molecule has 2 amide bonds. The lowest BCUT2D eigenvalue weighted by Crippen LogP contribution is -2.35. The van der Waals surface area contributed by atoms with Crippen LogP contribution >= 0.6 is 0 Å². The van der Waals surface area contributed by atoms with Gasteiger partial charge >= 0.3 is 11.8 Å². The molecule has 45 heavy (non-hydrogen) atoms. The number of carbonyl (C=O) groups is 2. The molecule has 12 heteroatoms. The monoisotopic (exact) mass is 618 g/mol. The minimum Gasteiger partial charge on any atom is -0.497 e. The van der Waals surface area contributed by atoms with E-state index in [2.05, 4.69) is 20.9 Å². The van der Waals surface area contributed by atoms with Crippen molar-refractivity contribution in [1.29, 1.82) is 0 Å². The molecule has 11 nitrogen and oxygen atoms in total. The van der Waals surface area contributed by atoms with Crippen molar-refractivity contribution in [3.63, 3.8) is 0 Å². The number of carbonyl (C=O) groups excluding carboxylic acids is 2. The van der Waals surface area contributed by atoms with Crippen molar-refractivity contribution < 1.29 is 37.7 Å². The molecule has 236 valence electrons. The summed E-state index contributed by atoms with van der Waals surface area (Å²) in [7, 11) is 4.57. The van der Waals surface area contributed by atoms with Gasteiger partial charge in [-0.2, -0.15) is 0 Å². The van der Waals surface area contributed by atoms with Gasteiger partial charge in [-0.25, -0.2) is 4.39 Å². The molecule has 0 bridgehead atoms. The molecule has 3 aromatic carbocycles. The fraction of sp³-hybridized carbons (Fsp3) is 0.303. The van der Waals surface area contributed by atoms with Gasteiger partial charge in [-0.05, 0) is 79.9 Å². The van der Waals surface area contributed by atoms with Crippen LogP contribution in [0.5, 0.6) is 34.5 Å². The van der Waals surface area contributed by atoms with E-state index in [4.69, 9.17) is 23.7 Å². The van der Waals surface area contributed by atoms with Crippen molar-refractivity contribution in [3.05, 3.63) is 72.2 Å². The van der Waals surface area contributed by atoms with Crippen LogP contribution in [0.25, 0.3) is 10.9 Å². The van der Waals surface area contributed by atoms with Gasteiger partial charge in [-0.15, -0.1) is 0 Å².